The zero-order valence-electron chi connectivity index (χ0n) is 17.4. The molecule has 5 heteroatoms. The largest absolute Gasteiger partial charge is 0.493 e. The van der Waals surface area contributed by atoms with Crippen LogP contribution in [0.1, 0.15) is 24.0 Å². The van der Waals surface area contributed by atoms with E-state index in [0.717, 1.165) is 63.0 Å². The second kappa shape index (κ2) is 10.1. The molecule has 1 atom stereocenters. The topological polar surface area (TPSA) is 34.2 Å². The van der Waals surface area contributed by atoms with Crippen LogP contribution in [0.25, 0.3) is 0 Å². The van der Waals surface area contributed by atoms with Gasteiger partial charge in [0.2, 0.25) is 0 Å². The van der Waals surface area contributed by atoms with E-state index in [4.69, 9.17) is 14.2 Å². The van der Waals surface area contributed by atoms with Gasteiger partial charge in [0, 0.05) is 32.2 Å². The van der Waals surface area contributed by atoms with E-state index in [1.54, 1.807) is 7.11 Å². The minimum absolute atomic E-state index is 0.546. The standard InChI is InChI=1S/C24H32N2O3/c1-27-24-16-21(9-10-23(24)29-19-20-6-3-2-4-7-20)17-25-11-5-8-22(18-25)26-12-14-28-15-13-26/h2-4,6-7,9-10,16,22H,5,8,11-15,17-19H2,1H3. The van der Waals surface area contributed by atoms with Crippen LogP contribution in [0.3, 0.4) is 0 Å². The molecule has 0 radical (unpaired) electrons. The molecule has 0 amide bonds. The van der Waals surface area contributed by atoms with Crippen molar-refractivity contribution < 1.29 is 14.2 Å². The molecule has 2 aromatic carbocycles. The molecular weight excluding hydrogens is 364 g/mol. The van der Waals surface area contributed by atoms with Crippen molar-refractivity contribution in [3.8, 4) is 11.5 Å². The van der Waals surface area contributed by atoms with E-state index in [1.165, 1.54) is 18.4 Å². The third-order valence-corrected chi connectivity index (χ3v) is 5.91. The lowest BCUT2D eigenvalue weighted by Gasteiger charge is -2.41. The molecule has 0 bridgehead atoms. The minimum atomic E-state index is 0.546. The number of morpholine rings is 1. The molecule has 0 N–H and O–H groups in total. The Morgan fingerprint density at radius 3 is 2.59 bits per heavy atom. The van der Waals surface area contributed by atoms with E-state index in [2.05, 4.69) is 34.1 Å². The molecule has 0 spiro atoms. The monoisotopic (exact) mass is 396 g/mol. The van der Waals surface area contributed by atoms with Crippen molar-refractivity contribution in [2.45, 2.75) is 32.0 Å². The van der Waals surface area contributed by atoms with Crippen LogP contribution in [0.5, 0.6) is 11.5 Å². The summed E-state index contributed by atoms with van der Waals surface area (Å²) in [5, 5.41) is 0. The van der Waals surface area contributed by atoms with Crippen molar-refractivity contribution >= 4 is 0 Å². The van der Waals surface area contributed by atoms with Crippen LogP contribution in [0.4, 0.5) is 0 Å². The van der Waals surface area contributed by atoms with Crippen LogP contribution in [0, 0.1) is 0 Å². The van der Waals surface area contributed by atoms with E-state index < -0.39 is 0 Å². The molecule has 2 heterocycles. The number of piperidine rings is 1. The molecule has 0 aliphatic carbocycles. The molecular formula is C24H32N2O3. The first-order valence-electron chi connectivity index (χ1n) is 10.7. The zero-order chi connectivity index (χ0) is 19.9. The fraction of sp³-hybridized carbons (Fsp3) is 0.500. The highest BCUT2D eigenvalue weighted by Gasteiger charge is 2.26. The summed E-state index contributed by atoms with van der Waals surface area (Å²) in [6.45, 7) is 7.68. The van der Waals surface area contributed by atoms with Gasteiger partial charge in [0.15, 0.2) is 11.5 Å². The van der Waals surface area contributed by atoms with Crippen LogP contribution in [-0.2, 0) is 17.9 Å². The number of ether oxygens (including phenoxy) is 3. The highest BCUT2D eigenvalue weighted by atomic mass is 16.5. The number of hydrogen-bond donors (Lipinski definition) is 0. The van der Waals surface area contributed by atoms with E-state index in [9.17, 15) is 0 Å². The van der Waals surface area contributed by atoms with Gasteiger partial charge in [-0.15, -0.1) is 0 Å². The Labute approximate surface area is 174 Å². The zero-order valence-corrected chi connectivity index (χ0v) is 17.4. The van der Waals surface area contributed by atoms with Gasteiger partial charge in [-0.3, -0.25) is 9.80 Å². The average Bonchev–Trinajstić information content (AvgIpc) is 2.79. The van der Waals surface area contributed by atoms with Gasteiger partial charge in [-0.1, -0.05) is 36.4 Å². The van der Waals surface area contributed by atoms with Crippen molar-refractivity contribution in [1.29, 1.82) is 0 Å². The molecule has 29 heavy (non-hydrogen) atoms. The number of benzene rings is 2. The Balaban J connectivity index is 1.35. The molecule has 4 rings (SSSR count). The summed E-state index contributed by atoms with van der Waals surface area (Å²) in [6.07, 6.45) is 2.56. The number of likely N-dealkylation sites (tertiary alicyclic amines) is 1. The Bertz CT molecular complexity index is 762. The lowest BCUT2D eigenvalue weighted by atomic mass is 10.0. The fourth-order valence-electron chi connectivity index (χ4n) is 4.34. The highest BCUT2D eigenvalue weighted by molar-refractivity contribution is 5.43. The molecule has 156 valence electrons. The van der Waals surface area contributed by atoms with Crippen LogP contribution < -0.4 is 9.47 Å². The van der Waals surface area contributed by atoms with Crippen LogP contribution in [0.15, 0.2) is 48.5 Å². The molecule has 0 aromatic heterocycles. The minimum Gasteiger partial charge on any atom is -0.493 e. The SMILES string of the molecule is COc1cc(CN2CCCC(N3CCOCC3)C2)ccc1OCc1ccccc1. The number of hydrogen-bond acceptors (Lipinski definition) is 5. The maximum absolute atomic E-state index is 6.00. The Morgan fingerprint density at radius 2 is 1.79 bits per heavy atom. The van der Waals surface area contributed by atoms with Crippen molar-refractivity contribution in [3.63, 3.8) is 0 Å². The van der Waals surface area contributed by atoms with Crippen LogP contribution in [0.2, 0.25) is 0 Å². The smallest absolute Gasteiger partial charge is 0.161 e. The summed E-state index contributed by atoms with van der Waals surface area (Å²) in [7, 11) is 1.71. The third-order valence-electron chi connectivity index (χ3n) is 5.91. The summed E-state index contributed by atoms with van der Waals surface area (Å²) in [6, 6.07) is 17.2. The molecule has 5 nitrogen and oxygen atoms in total. The number of methoxy groups -OCH3 is 1. The van der Waals surface area contributed by atoms with Crippen LogP contribution in [-0.4, -0.2) is 62.3 Å². The predicted octanol–water partition coefficient (Wildman–Crippen LogP) is 3.57. The molecule has 2 aliphatic rings. The normalized spacial score (nSPS) is 21.1. The summed E-state index contributed by atoms with van der Waals surface area (Å²) in [5.41, 5.74) is 2.43. The van der Waals surface area contributed by atoms with Gasteiger partial charge in [0.1, 0.15) is 6.61 Å². The average molecular weight is 397 g/mol. The van der Waals surface area contributed by atoms with E-state index >= 15 is 0 Å². The first-order valence-corrected chi connectivity index (χ1v) is 10.7. The highest BCUT2D eigenvalue weighted by Crippen LogP contribution is 2.30. The Hall–Kier alpha value is -2.08. The van der Waals surface area contributed by atoms with E-state index in [1.807, 2.05) is 24.3 Å². The predicted molar refractivity (Wildman–Crippen MR) is 114 cm³/mol. The summed E-state index contributed by atoms with van der Waals surface area (Å²) in [4.78, 5) is 5.18. The van der Waals surface area contributed by atoms with Gasteiger partial charge in [-0.05, 0) is 42.6 Å². The lowest BCUT2D eigenvalue weighted by molar-refractivity contribution is -0.00358. The van der Waals surface area contributed by atoms with Gasteiger partial charge < -0.3 is 14.2 Å². The molecule has 2 aliphatic heterocycles. The fourth-order valence-corrected chi connectivity index (χ4v) is 4.34. The van der Waals surface area contributed by atoms with Crippen molar-refractivity contribution in [1.82, 2.24) is 9.80 Å². The van der Waals surface area contributed by atoms with Crippen molar-refractivity contribution in [2.24, 2.45) is 0 Å². The van der Waals surface area contributed by atoms with Gasteiger partial charge in [0.25, 0.3) is 0 Å². The van der Waals surface area contributed by atoms with E-state index in [0.29, 0.717) is 12.6 Å². The molecule has 2 saturated heterocycles. The van der Waals surface area contributed by atoms with Gasteiger partial charge in [-0.2, -0.15) is 0 Å². The Morgan fingerprint density at radius 1 is 0.966 bits per heavy atom. The van der Waals surface area contributed by atoms with Crippen molar-refractivity contribution in [2.75, 3.05) is 46.5 Å². The first-order chi connectivity index (χ1) is 14.3. The van der Waals surface area contributed by atoms with Gasteiger partial charge >= 0.3 is 0 Å². The van der Waals surface area contributed by atoms with Gasteiger partial charge in [0.05, 0.1) is 20.3 Å². The Kier molecular flexibility index (Phi) is 7.04. The maximum Gasteiger partial charge on any atom is 0.161 e. The molecule has 2 aromatic rings. The third kappa shape index (κ3) is 5.50. The second-order valence-corrected chi connectivity index (χ2v) is 7.94. The second-order valence-electron chi connectivity index (χ2n) is 7.94. The van der Waals surface area contributed by atoms with Crippen LogP contribution >= 0.6 is 0 Å². The summed E-state index contributed by atoms with van der Waals surface area (Å²) in [5.74, 6) is 1.60. The van der Waals surface area contributed by atoms with Crippen molar-refractivity contribution in [3.05, 3.63) is 59.7 Å². The molecule has 2 fully saturated rings. The molecule has 1 unspecified atom stereocenters. The van der Waals surface area contributed by atoms with Gasteiger partial charge in [-0.25, -0.2) is 0 Å². The summed E-state index contributed by atoms with van der Waals surface area (Å²) >= 11 is 0. The summed E-state index contributed by atoms with van der Waals surface area (Å²) < 4.78 is 17.1. The number of rotatable bonds is 7. The number of nitrogens with zero attached hydrogens (tertiary/aromatic N) is 2. The molecule has 0 saturated carbocycles. The quantitative estimate of drug-likeness (QED) is 0.715. The van der Waals surface area contributed by atoms with E-state index in [-0.39, 0.29) is 0 Å². The lowest BCUT2D eigenvalue weighted by Crippen LogP contribution is -2.51. The maximum atomic E-state index is 6.00. The first kappa shape index (κ1) is 20.2.